The van der Waals surface area contributed by atoms with Crippen LogP contribution in [-0.2, 0) is 13.1 Å². The Morgan fingerprint density at radius 3 is 2.32 bits per heavy atom. The fraction of sp³-hybridized carbons (Fsp3) is 0.591. The molecule has 9 heteroatoms. The maximum atomic E-state index is 4.93. The van der Waals surface area contributed by atoms with Crippen molar-refractivity contribution >= 4 is 23.3 Å². The number of aromatic nitrogens is 3. The van der Waals surface area contributed by atoms with E-state index in [0.29, 0.717) is 13.1 Å². The first kappa shape index (κ1) is 20.1. The smallest absolute Gasteiger partial charge is 0.227 e. The van der Waals surface area contributed by atoms with Gasteiger partial charge in [-0.1, -0.05) is 12.8 Å². The lowest BCUT2D eigenvalue weighted by Gasteiger charge is -2.33. The van der Waals surface area contributed by atoms with E-state index in [1.165, 1.54) is 25.7 Å². The highest BCUT2D eigenvalue weighted by Gasteiger charge is 2.21. The van der Waals surface area contributed by atoms with Gasteiger partial charge in [-0.2, -0.15) is 15.2 Å². The summed E-state index contributed by atoms with van der Waals surface area (Å²) in [5.41, 5.74) is 2.95. The van der Waals surface area contributed by atoms with Crippen molar-refractivity contribution in [2.24, 2.45) is 10.2 Å². The summed E-state index contributed by atoms with van der Waals surface area (Å²) >= 11 is 0. The monoisotopic (exact) mass is 421 g/mol. The number of nitrogens with zero attached hydrogens (tertiary/aromatic N) is 8. The van der Waals surface area contributed by atoms with Gasteiger partial charge in [-0.15, -0.1) is 0 Å². The summed E-state index contributed by atoms with van der Waals surface area (Å²) < 4.78 is 0. The number of pyridine rings is 1. The van der Waals surface area contributed by atoms with Gasteiger partial charge >= 0.3 is 0 Å². The largest absolute Gasteiger partial charge is 0.354 e. The lowest BCUT2D eigenvalue weighted by molar-refractivity contribution is 0.312. The Labute approximate surface area is 183 Å². The Morgan fingerprint density at radius 1 is 0.806 bits per heavy atom. The maximum Gasteiger partial charge on any atom is 0.227 e. The van der Waals surface area contributed by atoms with Crippen molar-refractivity contribution in [1.82, 2.24) is 19.9 Å². The van der Waals surface area contributed by atoms with Gasteiger partial charge in [-0.25, -0.2) is 9.97 Å². The summed E-state index contributed by atoms with van der Waals surface area (Å²) in [6.45, 7) is 7.24. The molecular weight excluding hydrogens is 390 g/mol. The second-order valence-corrected chi connectivity index (χ2v) is 8.62. The second kappa shape index (κ2) is 9.13. The molecule has 0 bridgehead atoms. The SMILES string of the molecule is CN1CCN(c2ccc(Nc3nc(N4CCCCCC4)nc4c3CN=NC4)cn2)CC1. The number of fused-ring (bicyclic) bond motifs is 1. The van der Waals surface area contributed by atoms with E-state index in [1.807, 2.05) is 6.20 Å². The number of anilines is 4. The maximum absolute atomic E-state index is 4.93. The fourth-order valence-electron chi connectivity index (χ4n) is 4.39. The minimum atomic E-state index is 0.519. The summed E-state index contributed by atoms with van der Waals surface area (Å²) in [4.78, 5) is 21.5. The van der Waals surface area contributed by atoms with Crippen LogP contribution in [0.4, 0.5) is 23.3 Å². The molecule has 164 valence electrons. The Balaban J connectivity index is 1.37. The van der Waals surface area contributed by atoms with Gasteiger partial charge in [-0.05, 0) is 32.0 Å². The number of rotatable bonds is 4. The first-order valence-electron chi connectivity index (χ1n) is 11.4. The van der Waals surface area contributed by atoms with Gasteiger partial charge in [0.1, 0.15) is 18.2 Å². The molecule has 1 N–H and O–H groups in total. The van der Waals surface area contributed by atoms with Crippen molar-refractivity contribution < 1.29 is 0 Å². The molecule has 5 heterocycles. The summed E-state index contributed by atoms with van der Waals surface area (Å²) in [5, 5.41) is 11.9. The minimum Gasteiger partial charge on any atom is -0.354 e. The van der Waals surface area contributed by atoms with Crippen molar-refractivity contribution in [1.29, 1.82) is 0 Å². The highest BCUT2D eigenvalue weighted by atomic mass is 15.3. The molecule has 0 radical (unpaired) electrons. The van der Waals surface area contributed by atoms with Crippen LogP contribution >= 0.6 is 0 Å². The Bertz CT molecular complexity index is 911. The molecule has 31 heavy (non-hydrogen) atoms. The Morgan fingerprint density at radius 2 is 1.58 bits per heavy atom. The number of likely N-dealkylation sites (N-methyl/N-ethyl adjacent to an activating group) is 1. The fourth-order valence-corrected chi connectivity index (χ4v) is 4.39. The standard InChI is InChI=1S/C22H31N9/c1-29-10-12-30(13-11-29)20-7-6-17(14-23-20)26-21-18-15-24-25-16-19(18)27-22(28-21)31-8-4-2-3-5-9-31/h6-7,14H,2-5,8-13,15-16H2,1H3,(H,26,27,28). The van der Waals surface area contributed by atoms with Crippen LogP contribution in [0.1, 0.15) is 36.9 Å². The number of hydrogen-bond acceptors (Lipinski definition) is 9. The Kier molecular flexibility index (Phi) is 5.93. The molecule has 0 aliphatic carbocycles. The predicted octanol–water partition coefficient (Wildman–Crippen LogP) is 3.21. The molecule has 0 saturated carbocycles. The zero-order valence-electron chi connectivity index (χ0n) is 18.3. The molecular formula is C22H31N9. The highest BCUT2D eigenvalue weighted by Crippen LogP contribution is 2.29. The summed E-state index contributed by atoms with van der Waals surface area (Å²) in [6, 6.07) is 4.18. The van der Waals surface area contributed by atoms with E-state index >= 15 is 0 Å². The lowest BCUT2D eigenvalue weighted by atomic mass is 10.2. The lowest BCUT2D eigenvalue weighted by Crippen LogP contribution is -2.44. The van der Waals surface area contributed by atoms with Crippen LogP contribution in [0.25, 0.3) is 0 Å². The van der Waals surface area contributed by atoms with Crippen molar-refractivity contribution in [2.45, 2.75) is 38.8 Å². The molecule has 0 atom stereocenters. The average molecular weight is 422 g/mol. The zero-order valence-corrected chi connectivity index (χ0v) is 18.3. The van der Waals surface area contributed by atoms with E-state index in [9.17, 15) is 0 Å². The van der Waals surface area contributed by atoms with E-state index in [4.69, 9.17) is 15.0 Å². The highest BCUT2D eigenvalue weighted by molar-refractivity contribution is 5.63. The van der Waals surface area contributed by atoms with E-state index in [2.05, 4.69) is 49.4 Å². The molecule has 2 aromatic heterocycles. The zero-order chi connectivity index (χ0) is 21.0. The topological polar surface area (TPSA) is 85.1 Å². The molecule has 0 spiro atoms. The molecule has 0 unspecified atom stereocenters. The second-order valence-electron chi connectivity index (χ2n) is 8.62. The molecule has 3 aliphatic heterocycles. The molecule has 0 amide bonds. The first-order chi connectivity index (χ1) is 15.3. The van der Waals surface area contributed by atoms with Gasteiger partial charge in [0.2, 0.25) is 5.95 Å². The molecule has 2 fully saturated rings. The van der Waals surface area contributed by atoms with Crippen LogP contribution < -0.4 is 15.1 Å². The van der Waals surface area contributed by atoms with Crippen LogP contribution in [0.2, 0.25) is 0 Å². The van der Waals surface area contributed by atoms with E-state index in [-0.39, 0.29) is 0 Å². The summed E-state index contributed by atoms with van der Waals surface area (Å²) in [6.07, 6.45) is 6.86. The van der Waals surface area contributed by atoms with Gasteiger partial charge in [-0.3, -0.25) is 0 Å². The molecule has 3 aliphatic rings. The van der Waals surface area contributed by atoms with Gasteiger partial charge in [0, 0.05) is 44.8 Å². The summed E-state index contributed by atoms with van der Waals surface area (Å²) in [5.74, 6) is 2.67. The van der Waals surface area contributed by atoms with Crippen LogP contribution in [0.5, 0.6) is 0 Å². The van der Waals surface area contributed by atoms with Gasteiger partial charge < -0.3 is 20.0 Å². The molecule has 9 nitrogen and oxygen atoms in total. The number of azo groups is 1. The normalized spacial score (nSPS) is 19.8. The van der Waals surface area contributed by atoms with Crippen molar-refractivity contribution in [2.75, 3.05) is 61.4 Å². The molecule has 2 aromatic rings. The number of hydrogen-bond donors (Lipinski definition) is 1. The van der Waals surface area contributed by atoms with Crippen LogP contribution in [0.3, 0.4) is 0 Å². The van der Waals surface area contributed by atoms with Crippen molar-refractivity contribution in [3.05, 3.63) is 29.6 Å². The molecule has 5 rings (SSSR count). The Hall–Kier alpha value is -2.81. The van der Waals surface area contributed by atoms with Crippen LogP contribution in [0, 0.1) is 0 Å². The third-order valence-corrected chi connectivity index (χ3v) is 6.36. The summed E-state index contributed by atoms with van der Waals surface area (Å²) in [7, 11) is 2.17. The van der Waals surface area contributed by atoms with Crippen molar-refractivity contribution in [3.8, 4) is 0 Å². The van der Waals surface area contributed by atoms with E-state index in [1.54, 1.807) is 0 Å². The van der Waals surface area contributed by atoms with Crippen LogP contribution in [0.15, 0.2) is 28.6 Å². The van der Waals surface area contributed by atoms with E-state index in [0.717, 1.165) is 73.8 Å². The number of piperazine rings is 1. The van der Waals surface area contributed by atoms with E-state index < -0.39 is 0 Å². The van der Waals surface area contributed by atoms with Gasteiger partial charge in [0.05, 0.1) is 24.1 Å². The number of nitrogens with one attached hydrogen (secondary N) is 1. The van der Waals surface area contributed by atoms with Gasteiger partial charge in [0.25, 0.3) is 0 Å². The minimum absolute atomic E-state index is 0.519. The third kappa shape index (κ3) is 4.61. The van der Waals surface area contributed by atoms with Crippen molar-refractivity contribution in [3.63, 3.8) is 0 Å². The first-order valence-corrected chi connectivity index (χ1v) is 11.4. The average Bonchev–Trinajstić information content (AvgIpc) is 3.10. The molecule has 0 aromatic carbocycles. The predicted molar refractivity (Wildman–Crippen MR) is 122 cm³/mol. The van der Waals surface area contributed by atoms with Gasteiger partial charge in [0.15, 0.2) is 0 Å². The third-order valence-electron chi connectivity index (χ3n) is 6.36. The van der Waals surface area contributed by atoms with Crippen LogP contribution in [-0.4, -0.2) is 66.2 Å². The quantitative estimate of drug-likeness (QED) is 0.811. The molecule has 2 saturated heterocycles.